The molecule has 1 aliphatic carbocycles. The summed E-state index contributed by atoms with van der Waals surface area (Å²) in [6, 6.07) is 1.94. The smallest absolute Gasteiger partial charge is 0.341 e. The van der Waals surface area contributed by atoms with Gasteiger partial charge < -0.3 is 10.1 Å². The number of carbonyl (C=O) groups is 3. The first-order valence-corrected chi connectivity index (χ1v) is 10.2. The highest BCUT2D eigenvalue weighted by atomic mass is 32.1. The van der Waals surface area contributed by atoms with E-state index in [0.717, 1.165) is 40.1 Å². The van der Waals surface area contributed by atoms with Gasteiger partial charge in [0.2, 0.25) is 0 Å². The fourth-order valence-electron chi connectivity index (χ4n) is 2.79. The zero-order chi connectivity index (χ0) is 19.4. The van der Waals surface area contributed by atoms with Crippen LogP contribution in [0.2, 0.25) is 0 Å². The number of anilines is 1. The van der Waals surface area contributed by atoms with Crippen LogP contribution in [0.4, 0.5) is 5.00 Å². The molecule has 27 heavy (non-hydrogen) atoms. The van der Waals surface area contributed by atoms with Gasteiger partial charge in [0, 0.05) is 9.75 Å². The van der Waals surface area contributed by atoms with Crippen molar-refractivity contribution in [1.29, 1.82) is 0 Å². The lowest BCUT2D eigenvalue weighted by Crippen LogP contribution is -2.32. The zero-order valence-electron chi connectivity index (χ0n) is 15.0. The molecule has 7 nitrogen and oxygen atoms in total. The third-order valence-electron chi connectivity index (χ3n) is 4.08. The van der Waals surface area contributed by atoms with Gasteiger partial charge in [-0.1, -0.05) is 0 Å². The minimum Gasteiger partial charge on any atom is -0.462 e. The van der Waals surface area contributed by atoms with Crippen molar-refractivity contribution in [1.82, 2.24) is 5.43 Å². The van der Waals surface area contributed by atoms with Gasteiger partial charge in [-0.2, -0.15) is 5.10 Å². The van der Waals surface area contributed by atoms with Crippen molar-refractivity contribution in [2.45, 2.75) is 33.1 Å². The van der Waals surface area contributed by atoms with Crippen molar-refractivity contribution in [3.8, 4) is 0 Å². The van der Waals surface area contributed by atoms with Crippen LogP contribution < -0.4 is 10.7 Å². The second kappa shape index (κ2) is 8.45. The molecule has 0 radical (unpaired) electrons. The van der Waals surface area contributed by atoms with Crippen LogP contribution in [0.25, 0.3) is 0 Å². The fraction of sp³-hybridized carbons (Fsp3) is 0.333. The Morgan fingerprint density at radius 1 is 1.30 bits per heavy atom. The maximum Gasteiger partial charge on any atom is 0.341 e. The number of fused-ring (bicyclic) bond motifs is 1. The van der Waals surface area contributed by atoms with E-state index in [1.165, 1.54) is 28.9 Å². The molecule has 2 N–H and O–H groups in total. The Labute approximate surface area is 164 Å². The third-order valence-corrected chi connectivity index (χ3v) is 6.24. The molecule has 1 aliphatic rings. The summed E-state index contributed by atoms with van der Waals surface area (Å²) in [6.07, 6.45) is 4.10. The Bertz CT molecular complexity index is 914. The molecule has 0 spiro atoms. The molecule has 2 aromatic rings. The Hall–Kier alpha value is -2.52. The molecule has 0 bridgehead atoms. The molecule has 142 valence electrons. The zero-order valence-corrected chi connectivity index (χ0v) is 16.6. The van der Waals surface area contributed by atoms with Gasteiger partial charge >= 0.3 is 17.8 Å². The molecular weight excluding hydrogens is 386 g/mol. The number of carbonyl (C=O) groups excluding carboxylic acids is 3. The van der Waals surface area contributed by atoms with Crippen molar-refractivity contribution in [3.63, 3.8) is 0 Å². The van der Waals surface area contributed by atoms with E-state index in [4.69, 9.17) is 4.74 Å². The highest BCUT2D eigenvalue weighted by molar-refractivity contribution is 7.17. The number of ether oxygens (including phenoxy) is 1. The van der Waals surface area contributed by atoms with Gasteiger partial charge in [0.15, 0.2) is 0 Å². The summed E-state index contributed by atoms with van der Waals surface area (Å²) in [6.45, 7) is 3.90. The molecule has 0 saturated heterocycles. The molecule has 2 amide bonds. The van der Waals surface area contributed by atoms with E-state index in [2.05, 4.69) is 15.8 Å². The average Bonchev–Trinajstić information content (AvgIpc) is 3.31. The lowest BCUT2D eigenvalue weighted by Gasteiger charge is -2.07. The maximum atomic E-state index is 12.3. The van der Waals surface area contributed by atoms with Gasteiger partial charge in [-0.3, -0.25) is 9.59 Å². The monoisotopic (exact) mass is 405 g/mol. The summed E-state index contributed by atoms with van der Waals surface area (Å²) in [7, 11) is 0. The SMILES string of the molecule is CCOC(=O)c1c(NC(=O)C(=O)N/N=C/c2sccc2C)sc2c1CCC2. The van der Waals surface area contributed by atoms with Crippen LogP contribution in [0, 0.1) is 6.92 Å². The third kappa shape index (κ3) is 4.25. The van der Waals surface area contributed by atoms with Gasteiger partial charge in [-0.15, -0.1) is 22.7 Å². The number of amides is 2. The van der Waals surface area contributed by atoms with E-state index >= 15 is 0 Å². The van der Waals surface area contributed by atoms with Gasteiger partial charge in [-0.05, 0) is 55.7 Å². The molecule has 0 fully saturated rings. The number of thiophene rings is 2. The van der Waals surface area contributed by atoms with Crippen LogP contribution in [0.15, 0.2) is 16.5 Å². The van der Waals surface area contributed by atoms with Crippen molar-refractivity contribution in [2.24, 2.45) is 5.10 Å². The number of nitrogens with zero attached hydrogens (tertiary/aromatic N) is 1. The Balaban J connectivity index is 1.68. The highest BCUT2D eigenvalue weighted by Gasteiger charge is 2.29. The number of hydrazone groups is 1. The second-order valence-electron chi connectivity index (χ2n) is 5.90. The summed E-state index contributed by atoms with van der Waals surface area (Å²) in [5.74, 6) is -2.25. The van der Waals surface area contributed by atoms with Crippen LogP contribution in [-0.2, 0) is 27.2 Å². The van der Waals surface area contributed by atoms with Crippen molar-refractivity contribution in [2.75, 3.05) is 11.9 Å². The van der Waals surface area contributed by atoms with Crippen LogP contribution >= 0.6 is 22.7 Å². The van der Waals surface area contributed by atoms with Crippen molar-refractivity contribution in [3.05, 3.63) is 37.9 Å². The molecule has 0 atom stereocenters. The molecule has 0 aromatic carbocycles. The number of hydrogen-bond acceptors (Lipinski definition) is 7. The van der Waals surface area contributed by atoms with E-state index in [9.17, 15) is 14.4 Å². The van der Waals surface area contributed by atoms with E-state index in [1.807, 2.05) is 18.4 Å². The molecule has 0 unspecified atom stereocenters. The summed E-state index contributed by atoms with van der Waals surface area (Å²) in [5, 5.41) is 8.61. The predicted octanol–water partition coefficient (Wildman–Crippen LogP) is 2.87. The van der Waals surface area contributed by atoms with Gasteiger partial charge in [-0.25, -0.2) is 10.2 Å². The van der Waals surface area contributed by atoms with Gasteiger partial charge in [0.05, 0.1) is 18.4 Å². The minimum absolute atomic E-state index is 0.244. The standard InChI is InChI=1S/C18H19N3O4S2/c1-3-25-18(24)14-11-5-4-6-12(11)27-17(14)20-15(22)16(23)21-19-9-13-10(2)7-8-26-13/h7-9H,3-6H2,1-2H3,(H,20,22)(H,21,23)/b19-9+. The molecule has 2 heterocycles. The molecule has 9 heteroatoms. The highest BCUT2D eigenvalue weighted by Crippen LogP contribution is 2.39. The van der Waals surface area contributed by atoms with Crippen LogP contribution in [0.1, 0.15) is 44.6 Å². The maximum absolute atomic E-state index is 12.3. The Morgan fingerprint density at radius 2 is 2.11 bits per heavy atom. The summed E-state index contributed by atoms with van der Waals surface area (Å²) < 4.78 is 5.11. The quantitative estimate of drug-likeness (QED) is 0.346. The lowest BCUT2D eigenvalue weighted by atomic mass is 10.1. The van der Waals surface area contributed by atoms with Crippen molar-refractivity contribution < 1.29 is 19.1 Å². The fourth-order valence-corrected chi connectivity index (χ4v) is 4.85. The van der Waals surface area contributed by atoms with E-state index in [-0.39, 0.29) is 6.61 Å². The number of esters is 1. The Morgan fingerprint density at radius 3 is 2.81 bits per heavy atom. The number of aryl methyl sites for hydroxylation is 2. The van der Waals surface area contributed by atoms with E-state index < -0.39 is 17.8 Å². The number of rotatable bonds is 5. The van der Waals surface area contributed by atoms with Gasteiger partial charge in [0.1, 0.15) is 5.00 Å². The molecule has 2 aromatic heterocycles. The minimum atomic E-state index is -0.899. The number of hydrogen-bond donors (Lipinski definition) is 2. The predicted molar refractivity (Wildman–Crippen MR) is 106 cm³/mol. The average molecular weight is 406 g/mol. The first kappa shape index (κ1) is 19.2. The Kier molecular flexibility index (Phi) is 6.02. The van der Waals surface area contributed by atoms with Gasteiger partial charge in [0.25, 0.3) is 0 Å². The summed E-state index contributed by atoms with van der Waals surface area (Å²) in [4.78, 5) is 38.4. The molecule has 0 aliphatic heterocycles. The first-order valence-electron chi connectivity index (χ1n) is 8.51. The number of nitrogens with one attached hydrogen (secondary N) is 2. The van der Waals surface area contributed by atoms with E-state index in [1.54, 1.807) is 6.92 Å². The van der Waals surface area contributed by atoms with E-state index in [0.29, 0.717) is 10.6 Å². The molecule has 0 saturated carbocycles. The normalized spacial score (nSPS) is 12.8. The van der Waals surface area contributed by atoms with Crippen molar-refractivity contribution >= 4 is 51.7 Å². The second-order valence-corrected chi connectivity index (χ2v) is 7.96. The van der Waals surface area contributed by atoms with Crippen LogP contribution in [0.3, 0.4) is 0 Å². The summed E-state index contributed by atoms with van der Waals surface area (Å²) >= 11 is 2.81. The molecule has 3 rings (SSSR count). The largest absolute Gasteiger partial charge is 0.462 e. The van der Waals surface area contributed by atoms with Crippen LogP contribution in [0.5, 0.6) is 0 Å². The molecular formula is C18H19N3O4S2. The first-order chi connectivity index (χ1) is 13.0. The topological polar surface area (TPSA) is 96.9 Å². The van der Waals surface area contributed by atoms with Crippen LogP contribution in [-0.4, -0.2) is 30.6 Å². The summed E-state index contributed by atoms with van der Waals surface area (Å²) in [5.41, 5.74) is 4.53. The lowest BCUT2D eigenvalue weighted by molar-refractivity contribution is -0.136.